The number of hydrogen-bond acceptors (Lipinski definition) is 1. The third-order valence-electron chi connectivity index (χ3n) is 2.35. The van der Waals surface area contributed by atoms with Crippen molar-refractivity contribution in [2.75, 3.05) is 0 Å². The van der Waals surface area contributed by atoms with Gasteiger partial charge in [-0.05, 0) is 30.9 Å². The second-order valence-corrected chi connectivity index (χ2v) is 7.17. The molecule has 0 N–H and O–H groups in total. The second kappa shape index (κ2) is 6.43. The summed E-state index contributed by atoms with van der Waals surface area (Å²) in [5.74, 6) is 0. The summed E-state index contributed by atoms with van der Waals surface area (Å²) in [5, 5.41) is -1.26. The number of carbonyl (C=O) groups is 1. The average molecular weight is 329 g/mol. The number of halogens is 6. The van der Waals surface area contributed by atoms with Crippen molar-refractivity contribution in [2.45, 2.75) is 51.4 Å². The Bertz CT molecular complexity index is 324. The molecule has 0 aliphatic heterocycles. The fourth-order valence-corrected chi connectivity index (χ4v) is 2.12. The van der Waals surface area contributed by atoms with Crippen LogP contribution in [0, 0.1) is 0 Å². The van der Waals surface area contributed by atoms with E-state index >= 15 is 0 Å². The van der Waals surface area contributed by atoms with E-state index in [9.17, 15) is 24.2 Å². The van der Waals surface area contributed by atoms with Crippen LogP contribution < -0.4 is 0 Å². The molecule has 0 saturated carbocycles. The lowest BCUT2D eigenvalue weighted by Gasteiger charge is -2.36. The molecule has 0 rings (SSSR count). The molecule has 0 aromatic carbocycles. The zero-order valence-electron chi connectivity index (χ0n) is 10.4. The van der Waals surface area contributed by atoms with E-state index in [0.717, 1.165) is 19.3 Å². The zero-order chi connectivity index (χ0) is 15.1. The molecule has 0 amide bonds. The molecule has 0 saturated heterocycles. The first kappa shape index (κ1) is 18.7. The quantitative estimate of drug-likeness (QED) is 0.248. The molecule has 0 aliphatic carbocycles. The Kier molecular flexibility index (Phi) is 6.33. The van der Waals surface area contributed by atoms with Gasteiger partial charge in [-0.3, -0.25) is 4.79 Å². The first-order valence-corrected chi connectivity index (χ1v) is 8.39. The fourth-order valence-electron chi connectivity index (χ4n) is 1.48. The Labute approximate surface area is 114 Å². The van der Waals surface area contributed by atoms with Gasteiger partial charge in [0.2, 0.25) is 5.24 Å². The minimum atomic E-state index is -9.37. The highest BCUT2D eigenvalue weighted by Crippen LogP contribution is 2.98. The Balaban J connectivity index is 3.53. The molecule has 0 atom stereocenters. The van der Waals surface area contributed by atoms with Gasteiger partial charge in [-0.15, -0.1) is 0 Å². The largest absolute Gasteiger partial charge is 0.304 e. The maximum atomic E-state index is 11.9. The molecule has 116 valence electrons. The van der Waals surface area contributed by atoms with Gasteiger partial charge in [0.15, 0.2) is 0 Å². The maximum absolute atomic E-state index is 11.9. The number of unbranched alkanes of at least 4 members (excludes halogenated alkanes) is 6. The minimum absolute atomic E-state index is 0.00817. The normalized spacial score (nSPS) is 16.3. The Hall–Kier alpha value is -0.300. The van der Waals surface area contributed by atoms with Crippen molar-refractivity contribution in [3.8, 4) is 0 Å². The molecular weight excluding hydrogens is 311 g/mol. The summed E-state index contributed by atoms with van der Waals surface area (Å²) in [6, 6.07) is 0. The van der Waals surface area contributed by atoms with Gasteiger partial charge in [0.25, 0.3) is 0 Å². The molecule has 0 spiro atoms. The van der Waals surface area contributed by atoms with Crippen LogP contribution >= 0.6 is 21.8 Å². The molecule has 8 heteroatoms. The van der Waals surface area contributed by atoms with Crippen LogP contribution in [0.15, 0.2) is 11.5 Å². The van der Waals surface area contributed by atoms with Gasteiger partial charge in [0.1, 0.15) is 0 Å². The molecule has 0 unspecified atom stereocenters. The van der Waals surface area contributed by atoms with E-state index in [1.165, 1.54) is 0 Å². The number of rotatable bonds is 10. The summed E-state index contributed by atoms with van der Waals surface area (Å²) in [4.78, 5) is 10.4. The Morgan fingerprint density at radius 3 is 1.84 bits per heavy atom. The molecule has 0 radical (unpaired) electrons. The second-order valence-electron chi connectivity index (χ2n) is 4.42. The van der Waals surface area contributed by atoms with Crippen molar-refractivity contribution in [2.24, 2.45) is 0 Å². The third-order valence-corrected chi connectivity index (χ3v) is 3.24. The van der Waals surface area contributed by atoms with Gasteiger partial charge >= 0.3 is 10.2 Å². The predicted octanol–water partition coefficient (Wildman–Crippen LogP) is 6.68. The van der Waals surface area contributed by atoms with E-state index in [2.05, 4.69) is 0 Å². The molecule has 0 aromatic heterocycles. The van der Waals surface area contributed by atoms with E-state index in [0.29, 0.717) is 31.8 Å². The van der Waals surface area contributed by atoms with Crippen molar-refractivity contribution in [3.05, 3.63) is 11.5 Å². The molecule has 0 aromatic rings. The monoisotopic (exact) mass is 328 g/mol. The highest BCUT2D eigenvalue weighted by atomic mass is 35.5. The van der Waals surface area contributed by atoms with Crippen LogP contribution in [0.3, 0.4) is 0 Å². The van der Waals surface area contributed by atoms with Crippen LogP contribution in [0.25, 0.3) is 0 Å². The van der Waals surface area contributed by atoms with Crippen LogP contribution in [0.5, 0.6) is 0 Å². The van der Waals surface area contributed by atoms with Crippen LogP contribution in [-0.2, 0) is 4.79 Å². The lowest BCUT2D eigenvalue weighted by atomic mass is 10.1. The molecule has 1 nitrogen and oxygen atoms in total. The van der Waals surface area contributed by atoms with Crippen molar-refractivity contribution >= 4 is 27.1 Å². The van der Waals surface area contributed by atoms with Gasteiger partial charge in [-0.25, -0.2) is 0 Å². The molecule has 19 heavy (non-hydrogen) atoms. The first-order valence-electron chi connectivity index (χ1n) is 6.00. The van der Waals surface area contributed by atoms with Gasteiger partial charge in [-0.2, -0.15) is 0 Å². The first-order chi connectivity index (χ1) is 8.39. The summed E-state index contributed by atoms with van der Waals surface area (Å²) in [5.41, 5.74) is 0. The summed E-state index contributed by atoms with van der Waals surface area (Å²) in [6.07, 6.45) is 5.13. The zero-order valence-corrected chi connectivity index (χ0v) is 12.0. The van der Waals surface area contributed by atoms with E-state index < -0.39 is 15.6 Å². The van der Waals surface area contributed by atoms with Gasteiger partial charge in [0, 0.05) is 6.42 Å². The number of hydrogen-bond donors (Lipinski definition) is 0. The third kappa shape index (κ3) is 17.7. The fraction of sp³-hybridized carbons (Fsp3) is 0.727. The van der Waals surface area contributed by atoms with Crippen molar-refractivity contribution < 1.29 is 24.2 Å². The summed E-state index contributed by atoms with van der Waals surface area (Å²) in [7, 11) is -9.37. The topological polar surface area (TPSA) is 17.1 Å². The molecule has 0 fully saturated rings. The number of carbonyl (C=O) groups excluding carboxylic acids is 1. The van der Waals surface area contributed by atoms with Crippen LogP contribution in [0.2, 0.25) is 0 Å². The summed E-state index contributed by atoms with van der Waals surface area (Å²) in [6.45, 7) is 0. The Morgan fingerprint density at radius 2 is 1.37 bits per heavy atom. The molecular formula is C11H18ClF5OS. The molecule has 0 heterocycles. The lowest BCUT2D eigenvalue weighted by Crippen LogP contribution is -1.98. The summed E-state index contributed by atoms with van der Waals surface area (Å²) >= 11 is 5.14. The van der Waals surface area contributed by atoms with Crippen molar-refractivity contribution in [1.82, 2.24) is 0 Å². The Morgan fingerprint density at radius 1 is 0.895 bits per heavy atom. The number of allylic oxidation sites excluding steroid dienone is 1. The highest BCUT2D eigenvalue weighted by molar-refractivity contribution is 8.48. The van der Waals surface area contributed by atoms with Crippen molar-refractivity contribution in [1.29, 1.82) is 0 Å². The van der Waals surface area contributed by atoms with Crippen LogP contribution in [0.1, 0.15) is 51.4 Å². The lowest BCUT2D eigenvalue weighted by molar-refractivity contribution is -0.111. The van der Waals surface area contributed by atoms with Gasteiger partial charge < -0.3 is 0 Å². The maximum Gasteiger partial charge on any atom is 0.304 e. The van der Waals surface area contributed by atoms with Crippen LogP contribution in [0.4, 0.5) is 19.4 Å². The van der Waals surface area contributed by atoms with Crippen LogP contribution in [-0.4, -0.2) is 5.24 Å². The van der Waals surface area contributed by atoms with E-state index in [1.54, 1.807) is 0 Å². The molecule has 0 bridgehead atoms. The average Bonchev–Trinajstić information content (AvgIpc) is 2.17. The molecule has 0 aliphatic rings. The highest BCUT2D eigenvalue weighted by Gasteiger charge is 2.60. The summed E-state index contributed by atoms with van der Waals surface area (Å²) < 4.78 is 59.4. The smallest absolute Gasteiger partial charge is 0.281 e. The van der Waals surface area contributed by atoms with E-state index in [4.69, 9.17) is 11.6 Å². The van der Waals surface area contributed by atoms with E-state index in [1.807, 2.05) is 0 Å². The minimum Gasteiger partial charge on any atom is -0.281 e. The standard InChI is InChI=1S/C11H18ClF5OS/c12-11(18)9-7-5-3-1-2-4-6-8-10-19(13,14,15,16)17/h8,10H,1-7,9H2. The van der Waals surface area contributed by atoms with Gasteiger partial charge in [-0.1, -0.05) is 51.2 Å². The predicted molar refractivity (Wildman–Crippen MR) is 70.1 cm³/mol. The van der Waals surface area contributed by atoms with Crippen molar-refractivity contribution in [3.63, 3.8) is 0 Å². The van der Waals surface area contributed by atoms with E-state index in [-0.39, 0.29) is 11.7 Å². The SMILES string of the molecule is O=C(Cl)CCCCCCCCC=CS(F)(F)(F)(F)F. The van der Waals surface area contributed by atoms with Gasteiger partial charge in [0.05, 0.1) is 5.41 Å².